The molecule has 0 N–H and O–H groups in total. The molecule has 2 aromatic carbocycles. The van der Waals surface area contributed by atoms with Gasteiger partial charge in [-0.2, -0.15) is 19.6 Å². The molecular formula is C24H22N2NiS4-2. The molecule has 2 nitrogen and oxygen atoms in total. The van der Waals surface area contributed by atoms with Crippen molar-refractivity contribution in [3.05, 3.63) is 97.6 Å². The molecule has 0 amide bonds. The first kappa shape index (κ1) is 27.1. The van der Waals surface area contributed by atoms with Gasteiger partial charge in [0.15, 0.2) is 24.8 Å². The van der Waals surface area contributed by atoms with E-state index in [4.69, 9.17) is 50.5 Å². The molecule has 0 bridgehead atoms. The van der Waals surface area contributed by atoms with Crippen LogP contribution in [0.5, 0.6) is 0 Å². The molecule has 0 aliphatic carbocycles. The standard InChI is InChI=1S/C12H14N2.2C6H6S2.Ni/c1-13-7-3-11(4-8-13)12-5-9-14(2)10-6-12;2*7-5-3-1-2-4-6(5)8;/h3-10H,1-2H3;2*1-4,7-8H;/q+2;;;/p-4. The molecular weight excluding hydrogens is 503 g/mol. The van der Waals surface area contributed by atoms with E-state index < -0.39 is 0 Å². The van der Waals surface area contributed by atoms with Gasteiger partial charge in [0, 0.05) is 40.8 Å². The molecule has 0 atom stereocenters. The number of aryl methyl sites for hydroxylation is 2. The Morgan fingerprint density at radius 1 is 0.452 bits per heavy atom. The van der Waals surface area contributed by atoms with Crippen LogP contribution in [0.1, 0.15) is 0 Å². The van der Waals surface area contributed by atoms with Crippen LogP contribution in [0.2, 0.25) is 0 Å². The van der Waals surface area contributed by atoms with Crippen molar-refractivity contribution in [2.45, 2.75) is 19.6 Å². The van der Waals surface area contributed by atoms with Gasteiger partial charge in [-0.05, 0) is 11.1 Å². The Labute approximate surface area is 217 Å². The van der Waals surface area contributed by atoms with E-state index >= 15 is 0 Å². The normalized spacial score (nSPS) is 9.23. The zero-order valence-corrected chi connectivity index (χ0v) is 21.3. The molecule has 0 aliphatic rings. The molecule has 0 radical (unpaired) electrons. The van der Waals surface area contributed by atoms with E-state index in [-0.39, 0.29) is 16.5 Å². The fourth-order valence-corrected chi connectivity index (χ4v) is 2.87. The number of aromatic nitrogens is 2. The average Bonchev–Trinajstić information content (AvgIpc) is 2.75. The molecule has 2 aromatic heterocycles. The van der Waals surface area contributed by atoms with Crippen LogP contribution in [0.3, 0.4) is 0 Å². The zero-order valence-electron chi connectivity index (χ0n) is 17.1. The monoisotopic (exact) mass is 524 g/mol. The number of hydrogen-bond donors (Lipinski definition) is 0. The summed E-state index contributed by atoms with van der Waals surface area (Å²) in [5.74, 6) is 0. The van der Waals surface area contributed by atoms with E-state index in [2.05, 4.69) is 49.1 Å². The Morgan fingerprint density at radius 3 is 0.871 bits per heavy atom. The van der Waals surface area contributed by atoms with Gasteiger partial charge in [-0.1, -0.05) is 48.5 Å². The third-order valence-electron chi connectivity index (χ3n) is 3.99. The first-order valence-electron chi connectivity index (χ1n) is 9.14. The van der Waals surface area contributed by atoms with Crippen molar-refractivity contribution >= 4 is 50.5 Å². The first-order chi connectivity index (χ1) is 14.4. The van der Waals surface area contributed by atoms with Crippen LogP contribution in [0, 0.1) is 0 Å². The third-order valence-corrected chi connectivity index (χ3v) is 5.67. The summed E-state index contributed by atoms with van der Waals surface area (Å²) in [6.45, 7) is 0. The zero-order chi connectivity index (χ0) is 21.9. The maximum absolute atomic E-state index is 4.85. The van der Waals surface area contributed by atoms with Gasteiger partial charge < -0.3 is 50.5 Å². The van der Waals surface area contributed by atoms with Crippen molar-refractivity contribution < 1.29 is 25.6 Å². The maximum Gasteiger partial charge on any atom is 0.169 e. The summed E-state index contributed by atoms with van der Waals surface area (Å²) in [6.07, 6.45) is 8.23. The number of pyridine rings is 2. The Kier molecular flexibility index (Phi) is 12.5. The van der Waals surface area contributed by atoms with Crippen LogP contribution in [0.15, 0.2) is 117 Å². The molecule has 0 fully saturated rings. The molecule has 0 spiro atoms. The Hall–Kier alpha value is -1.89. The third kappa shape index (κ3) is 9.85. The summed E-state index contributed by atoms with van der Waals surface area (Å²) in [5, 5.41) is 0. The fourth-order valence-electron chi connectivity index (χ4n) is 2.29. The fraction of sp³-hybridized carbons (Fsp3) is 0.0833. The first-order valence-corrected chi connectivity index (χ1v) is 10.8. The summed E-state index contributed by atoms with van der Waals surface area (Å²) < 4.78 is 4.07. The van der Waals surface area contributed by atoms with E-state index in [9.17, 15) is 0 Å². The van der Waals surface area contributed by atoms with Crippen molar-refractivity contribution in [1.82, 2.24) is 0 Å². The summed E-state index contributed by atoms with van der Waals surface area (Å²) >= 11 is 19.4. The van der Waals surface area contributed by atoms with Gasteiger partial charge in [0.05, 0.1) is 0 Å². The molecule has 0 saturated heterocycles. The van der Waals surface area contributed by atoms with Crippen molar-refractivity contribution in [1.29, 1.82) is 0 Å². The summed E-state index contributed by atoms with van der Waals surface area (Å²) in [5.41, 5.74) is 2.51. The van der Waals surface area contributed by atoms with Gasteiger partial charge in [0.25, 0.3) is 0 Å². The summed E-state index contributed by atoms with van der Waals surface area (Å²) in [6, 6.07) is 23.4. The minimum atomic E-state index is 0. The average molecular weight is 525 g/mol. The van der Waals surface area contributed by atoms with Crippen LogP contribution in [0.4, 0.5) is 0 Å². The molecule has 31 heavy (non-hydrogen) atoms. The summed E-state index contributed by atoms with van der Waals surface area (Å²) in [7, 11) is 4.05. The van der Waals surface area contributed by atoms with E-state index in [1.165, 1.54) is 11.1 Å². The van der Waals surface area contributed by atoms with Crippen LogP contribution < -0.4 is 9.13 Å². The Bertz CT molecular complexity index is 927. The van der Waals surface area contributed by atoms with Gasteiger partial charge in [0.2, 0.25) is 0 Å². The van der Waals surface area contributed by atoms with Crippen molar-refractivity contribution in [3.8, 4) is 11.1 Å². The van der Waals surface area contributed by atoms with Crippen LogP contribution in [-0.4, -0.2) is 0 Å². The quantitative estimate of drug-likeness (QED) is 0.211. The molecule has 7 heteroatoms. The van der Waals surface area contributed by atoms with E-state index in [1.807, 2.05) is 71.8 Å². The molecule has 0 unspecified atom stereocenters. The topological polar surface area (TPSA) is 7.76 Å². The van der Waals surface area contributed by atoms with Gasteiger partial charge in [-0.15, -0.1) is 0 Å². The summed E-state index contributed by atoms with van der Waals surface area (Å²) in [4.78, 5) is 3.06. The molecule has 4 rings (SSSR count). The predicted molar refractivity (Wildman–Crippen MR) is 130 cm³/mol. The molecule has 2 heterocycles. The minimum absolute atomic E-state index is 0. The van der Waals surface area contributed by atoms with Crippen LogP contribution in [0.25, 0.3) is 11.1 Å². The van der Waals surface area contributed by atoms with Crippen LogP contribution >= 0.6 is 0 Å². The number of nitrogens with zero attached hydrogens (tertiary/aromatic N) is 2. The second kappa shape index (κ2) is 14.2. The SMILES string of the molecule is C[n+]1ccc(-c2cc[n+](C)cc2)cc1.[Ni].[S-]c1ccccc1[S-].[S-]c1ccccc1[S-]. The Morgan fingerprint density at radius 2 is 0.677 bits per heavy atom. The van der Waals surface area contributed by atoms with Gasteiger partial charge >= 0.3 is 0 Å². The van der Waals surface area contributed by atoms with Crippen molar-refractivity contribution in [3.63, 3.8) is 0 Å². The second-order valence-electron chi connectivity index (χ2n) is 6.40. The minimum Gasteiger partial charge on any atom is -0.781 e. The van der Waals surface area contributed by atoms with Gasteiger partial charge in [-0.3, -0.25) is 0 Å². The van der Waals surface area contributed by atoms with E-state index in [1.54, 1.807) is 0 Å². The second-order valence-corrected chi connectivity index (χ2v) is 8.16. The van der Waals surface area contributed by atoms with E-state index in [0.717, 1.165) is 19.6 Å². The number of hydrogen-bond acceptors (Lipinski definition) is 4. The Balaban J connectivity index is 0.000000245. The smallest absolute Gasteiger partial charge is 0.169 e. The van der Waals surface area contributed by atoms with Crippen molar-refractivity contribution in [2.75, 3.05) is 0 Å². The van der Waals surface area contributed by atoms with Crippen LogP contribution in [-0.2, 0) is 81.1 Å². The predicted octanol–water partition coefficient (Wildman–Crippen LogP) is 4.00. The molecule has 4 aromatic rings. The number of rotatable bonds is 1. The number of benzene rings is 2. The maximum atomic E-state index is 4.85. The van der Waals surface area contributed by atoms with E-state index in [0.29, 0.717) is 0 Å². The molecule has 164 valence electrons. The van der Waals surface area contributed by atoms with Gasteiger partial charge in [-0.25, -0.2) is 9.13 Å². The molecule has 0 aliphatic heterocycles. The van der Waals surface area contributed by atoms with Crippen molar-refractivity contribution in [2.24, 2.45) is 14.1 Å². The molecule has 0 saturated carbocycles. The largest absolute Gasteiger partial charge is 0.781 e. The van der Waals surface area contributed by atoms with Gasteiger partial charge in [0.1, 0.15) is 14.1 Å².